The largest absolute Gasteiger partial charge is 0.484 e. The molecule has 1 unspecified atom stereocenters. The van der Waals surface area contributed by atoms with E-state index in [9.17, 15) is 9.36 Å². The molecule has 5 nitrogen and oxygen atoms in total. The van der Waals surface area contributed by atoms with Crippen molar-refractivity contribution in [1.29, 1.82) is 0 Å². The summed E-state index contributed by atoms with van der Waals surface area (Å²) < 4.78 is 25.1. The van der Waals surface area contributed by atoms with E-state index in [1.807, 2.05) is 78.9 Å². The fourth-order valence-electron chi connectivity index (χ4n) is 3.45. The summed E-state index contributed by atoms with van der Waals surface area (Å²) in [5, 5.41) is 0. The van der Waals surface area contributed by atoms with E-state index in [4.69, 9.17) is 4.74 Å². The SMILES string of the molecule is COC(=O)/C=C/OC(c1ccccn1)P(=O)(CCc1ccccc1)CCc1ccccc1. The van der Waals surface area contributed by atoms with Gasteiger partial charge in [0.1, 0.15) is 7.14 Å². The Morgan fingerprint density at radius 3 is 1.97 bits per heavy atom. The van der Waals surface area contributed by atoms with Crippen LogP contribution >= 0.6 is 7.14 Å². The third-order valence-corrected chi connectivity index (χ3v) is 8.43. The van der Waals surface area contributed by atoms with Crippen molar-refractivity contribution < 1.29 is 18.8 Å². The first-order valence-electron chi connectivity index (χ1n) is 10.6. The first-order chi connectivity index (χ1) is 15.6. The number of esters is 1. The van der Waals surface area contributed by atoms with Gasteiger partial charge in [0.2, 0.25) is 0 Å². The highest BCUT2D eigenvalue weighted by Gasteiger charge is 2.36. The third-order valence-electron chi connectivity index (χ3n) is 5.22. The van der Waals surface area contributed by atoms with Crippen LogP contribution < -0.4 is 0 Å². The monoisotopic (exact) mass is 449 g/mol. The molecule has 166 valence electrons. The van der Waals surface area contributed by atoms with Gasteiger partial charge >= 0.3 is 5.97 Å². The summed E-state index contributed by atoms with van der Waals surface area (Å²) in [6, 6.07) is 25.5. The number of benzene rings is 2. The van der Waals surface area contributed by atoms with Crippen molar-refractivity contribution in [3.05, 3.63) is 114 Å². The second kappa shape index (κ2) is 12.0. The molecule has 2 aromatic carbocycles. The van der Waals surface area contributed by atoms with Crippen LogP contribution in [-0.4, -0.2) is 30.4 Å². The molecule has 6 heteroatoms. The van der Waals surface area contributed by atoms with Crippen molar-refractivity contribution in [1.82, 2.24) is 4.98 Å². The molecule has 0 spiro atoms. The van der Waals surface area contributed by atoms with Gasteiger partial charge in [0, 0.05) is 18.5 Å². The lowest BCUT2D eigenvalue weighted by molar-refractivity contribution is -0.135. The Labute approximate surface area is 189 Å². The lowest BCUT2D eigenvalue weighted by atomic mass is 10.2. The van der Waals surface area contributed by atoms with E-state index >= 15 is 0 Å². The summed E-state index contributed by atoms with van der Waals surface area (Å²) >= 11 is 0. The minimum absolute atomic E-state index is 0.469. The number of pyridine rings is 1. The van der Waals surface area contributed by atoms with Crippen LogP contribution in [0.3, 0.4) is 0 Å². The van der Waals surface area contributed by atoms with Crippen LogP contribution in [0.15, 0.2) is 97.4 Å². The zero-order valence-electron chi connectivity index (χ0n) is 18.2. The molecule has 1 aromatic heterocycles. The number of aryl methyl sites for hydroxylation is 2. The zero-order valence-corrected chi connectivity index (χ0v) is 19.1. The maximum Gasteiger partial charge on any atom is 0.333 e. The van der Waals surface area contributed by atoms with E-state index in [0.717, 1.165) is 11.1 Å². The summed E-state index contributed by atoms with van der Waals surface area (Å²) in [6.45, 7) is 0. The predicted octanol–water partition coefficient (Wildman–Crippen LogP) is 5.63. The van der Waals surface area contributed by atoms with Crippen molar-refractivity contribution in [3.8, 4) is 0 Å². The molecule has 3 rings (SSSR count). The Hall–Kier alpha value is -3.17. The third kappa shape index (κ3) is 6.93. The first-order valence-corrected chi connectivity index (χ1v) is 12.7. The molecule has 0 aliphatic carbocycles. The normalized spacial score (nSPS) is 12.4. The fourth-order valence-corrected chi connectivity index (χ4v) is 6.35. The van der Waals surface area contributed by atoms with Crippen LogP contribution in [0.4, 0.5) is 0 Å². The van der Waals surface area contributed by atoms with Gasteiger partial charge in [-0.25, -0.2) is 4.79 Å². The van der Waals surface area contributed by atoms with Gasteiger partial charge in [-0.1, -0.05) is 66.7 Å². The average Bonchev–Trinajstić information content (AvgIpc) is 2.86. The number of hydrogen-bond acceptors (Lipinski definition) is 5. The number of methoxy groups -OCH3 is 1. The molecule has 32 heavy (non-hydrogen) atoms. The lowest BCUT2D eigenvalue weighted by Crippen LogP contribution is -2.13. The molecule has 0 aliphatic heterocycles. The van der Waals surface area contributed by atoms with E-state index in [-0.39, 0.29) is 0 Å². The Morgan fingerprint density at radius 1 is 0.906 bits per heavy atom. The van der Waals surface area contributed by atoms with Gasteiger partial charge in [0.05, 0.1) is 25.1 Å². The Kier molecular flexibility index (Phi) is 8.82. The average molecular weight is 449 g/mol. The van der Waals surface area contributed by atoms with E-state index in [1.54, 1.807) is 6.20 Å². The number of nitrogens with zero attached hydrogens (tertiary/aromatic N) is 1. The molecule has 0 saturated heterocycles. The number of hydrogen-bond donors (Lipinski definition) is 0. The molecule has 1 atom stereocenters. The molecule has 0 aliphatic rings. The summed E-state index contributed by atoms with van der Waals surface area (Å²) in [5.74, 6) is -1.29. The second-order valence-electron chi connectivity index (χ2n) is 7.44. The van der Waals surface area contributed by atoms with Crippen LogP contribution in [0.25, 0.3) is 0 Å². The topological polar surface area (TPSA) is 65.5 Å². The molecule has 0 amide bonds. The molecule has 0 N–H and O–H groups in total. The van der Waals surface area contributed by atoms with Crippen molar-refractivity contribution in [2.75, 3.05) is 19.4 Å². The van der Waals surface area contributed by atoms with Gasteiger partial charge in [-0.05, 0) is 36.1 Å². The van der Waals surface area contributed by atoms with Gasteiger partial charge in [-0.15, -0.1) is 0 Å². The Bertz CT molecular complexity index is 992. The maximum absolute atomic E-state index is 14.5. The number of carbonyl (C=O) groups is 1. The zero-order chi connectivity index (χ0) is 22.7. The summed E-state index contributed by atoms with van der Waals surface area (Å²) in [5.41, 5.74) is 2.83. The number of carbonyl (C=O) groups excluding carboxylic acids is 1. The van der Waals surface area contributed by atoms with Gasteiger partial charge in [0.25, 0.3) is 0 Å². The van der Waals surface area contributed by atoms with Crippen molar-refractivity contribution in [2.45, 2.75) is 18.7 Å². The van der Waals surface area contributed by atoms with Crippen molar-refractivity contribution >= 4 is 13.1 Å². The number of rotatable bonds is 11. The summed E-state index contributed by atoms with van der Waals surface area (Å²) in [7, 11) is -1.64. The van der Waals surface area contributed by atoms with E-state index in [0.29, 0.717) is 30.9 Å². The van der Waals surface area contributed by atoms with E-state index in [1.165, 1.54) is 19.4 Å². The van der Waals surface area contributed by atoms with Gasteiger partial charge < -0.3 is 14.0 Å². The lowest BCUT2D eigenvalue weighted by Gasteiger charge is -2.27. The maximum atomic E-state index is 14.5. The highest BCUT2D eigenvalue weighted by molar-refractivity contribution is 7.64. The van der Waals surface area contributed by atoms with Crippen LogP contribution in [0.2, 0.25) is 0 Å². The first kappa shape index (κ1) is 23.5. The molecule has 3 aromatic rings. The summed E-state index contributed by atoms with van der Waals surface area (Å²) in [6.07, 6.45) is 6.39. The van der Waals surface area contributed by atoms with Gasteiger partial charge in [0.15, 0.2) is 5.85 Å². The minimum Gasteiger partial charge on any atom is -0.484 e. The van der Waals surface area contributed by atoms with Crippen molar-refractivity contribution in [2.24, 2.45) is 0 Å². The van der Waals surface area contributed by atoms with Gasteiger partial charge in [-0.3, -0.25) is 4.98 Å². The van der Waals surface area contributed by atoms with E-state index in [2.05, 4.69) is 9.72 Å². The highest BCUT2D eigenvalue weighted by atomic mass is 31.2. The minimum atomic E-state index is -2.94. The van der Waals surface area contributed by atoms with Gasteiger partial charge in [-0.2, -0.15) is 0 Å². The van der Waals surface area contributed by atoms with Crippen LogP contribution in [0, 0.1) is 0 Å². The smallest absolute Gasteiger partial charge is 0.333 e. The van der Waals surface area contributed by atoms with Crippen LogP contribution in [0.5, 0.6) is 0 Å². The second-order valence-corrected chi connectivity index (χ2v) is 10.7. The van der Waals surface area contributed by atoms with E-state index < -0.39 is 19.0 Å². The molecule has 1 heterocycles. The highest BCUT2D eigenvalue weighted by Crippen LogP contribution is 2.60. The quantitative estimate of drug-likeness (QED) is 0.164. The standard InChI is InChI=1S/C26H28NO4P/c1-30-25(28)15-19-31-26(24-14-8-9-18-27-24)32(29,20-16-22-10-4-2-5-11-22)21-17-23-12-6-3-7-13-23/h2-15,18-19,26H,16-17,20-21H2,1H3/b19-15+. The fraction of sp³-hybridized carbons (Fsp3) is 0.231. The summed E-state index contributed by atoms with van der Waals surface area (Å²) in [4.78, 5) is 16.0. The Morgan fingerprint density at radius 2 is 1.47 bits per heavy atom. The van der Waals surface area contributed by atoms with Crippen molar-refractivity contribution in [3.63, 3.8) is 0 Å². The number of ether oxygens (including phenoxy) is 2. The molecule has 0 radical (unpaired) electrons. The van der Waals surface area contributed by atoms with Crippen LogP contribution in [0.1, 0.15) is 22.7 Å². The molecular formula is C26H28NO4P. The molecule has 0 saturated carbocycles. The molecule has 0 fully saturated rings. The van der Waals surface area contributed by atoms with Crippen LogP contribution in [-0.2, 0) is 31.7 Å². The Balaban J connectivity index is 1.90. The molecular weight excluding hydrogens is 421 g/mol. The predicted molar refractivity (Wildman–Crippen MR) is 127 cm³/mol. The molecule has 0 bridgehead atoms. The number of aromatic nitrogens is 1.